The molecular formula is C16H26N2O2S. The van der Waals surface area contributed by atoms with E-state index >= 15 is 0 Å². The van der Waals surface area contributed by atoms with Gasteiger partial charge in [-0.15, -0.1) is 11.3 Å². The van der Waals surface area contributed by atoms with E-state index in [1.54, 1.807) is 0 Å². The molecule has 0 aromatic carbocycles. The number of hydrogen-bond acceptors (Lipinski definition) is 4. The number of hydrogen-bond donors (Lipinski definition) is 1. The predicted molar refractivity (Wildman–Crippen MR) is 86.9 cm³/mol. The van der Waals surface area contributed by atoms with Gasteiger partial charge in [0, 0.05) is 29.4 Å². The minimum absolute atomic E-state index is 0.209. The number of thiophene rings is 1. The van der Waals surface area contributed by atoms with E-state index in [2.05, 4.69) is 24.4 Å². The van der Waals surface area contributed by atoms with Gasteiger partial charge in [-0.05, 0) is 39.3 Å². The molecule has 1 saturated heterocycles. The summed E-state index contributed by atoms with van der Waals surface area (Å²) >= 11 is 1.85. The fraction of sp³-hybridized carbons (Fsp3) is 0.688. The van der Waals surface area contributed by atoms with Gasteiger partial charge < -0.3 is 15.0 Å². The molecule has 0 radical (unpaired) electrons. The van der Waals surface area contributed by atoms with Crippen LogP contribution in [0, 0.1) is 0 Å². The highest BCUT2D eigenvalue weighted by Gasteiger charge is 2.28. The van der Waals surface area contributed by atoms with Crippen molar-refractivity contribution in [2.45, 2.75) is 52.2 Å². The Balaban J connectivity index is 1.98. The molecule has 0 aliphatic carbocycles. The van der Waals surface area contributed by atoms with Gasteiger partial charge in [-0.1, -0.05) is 13.3 Å². The summed E-state index contributed by atoms with van der Waals surface area (Å²) in [6, 6.07) is 4.62. The zero-order valence-electron chi connectivity index (χ0n) is 13.4. The monoisotopic (exact) mass is 310 g/mol. The Morgan fingerprint density at radius 2 is 2.24 bits per heavy atom. The third kappa shape index (κ3) is 4.71. The van der Waals surface area contributed by atoms with Crippen molar-refractivity contribution in [1.82, 2.24) is 10.2 Å². The van der Waals surface area contributed by atoms with Crippen LogP contribution in [0.15, 0.2) is 12.1 Å². The van der Waals surface area contributed by atoms with Crippen LogP contribution >= 0.6 is 11.3 Å². The van der Waals surface area contributed by atoms with E-state index in [0.717, 1.165) is 13.0 Å². The van der Waals surface area contributed by atoms with Crippen LogP contribution in [0.2, 0.25) is 0 Å². The SMILES string of the molecule is CCCc1ccc(C2CN(C(=O)OC(C)(C)C)CCN2)s1. The van der Waals surface area contributed by atoms with Crippen LogP contribution < -0.4 is 5.32 Å². The molecule has 1 aliphatic rings. The molecule has 0 spiro atoms. The van der Waals surface area contributed by atoms with Gasteiger partial charge in [0.25, 0.3) is 0 Å². The second kappa shape index (κ2) is 6.79. The van der Waals surface area contributed by atoms with Crippen LogP contribution in [0.4, 0.5) is 4.79 Å². The number of ether oxygens (including phenoxy) is 1. The summed E-state index contributed by atoms with van der Waals surface area (Å²) in [5.74, 6) is 0. The van der Waals surface area contributed by atoms with Crippen molar-refractivity contribution in [3.63, 3.8) is 0 Å². The number of amides is 1. The number of nitrogens with one attached hydrogen (secondary N) is 1. The zero-order valence-corrected chi connectivity index (χ0v) is 14.3. The van der Waals surface area contributed by atoms with Gasteiger partial charge in [-0.3, -0.25) is 0 Å². The van der Waals surface area contributed by atoms with Crippen LogP contribution in [0.1, 0.15) is 49.9 Å². The maximum atomic E-state index is 12.2. The quantitative estimate of drug-likeness (QED) is 0.928. The molecule has 1 fully saturated rings. The molecule has 1 N–H and O–H groups in total. The summed E-state index contributed by atoms with van der Waals surface area (Å²) in [5, 5.41) is 3.50. The lowest BCUT2D eigenvalue weighted by atomic mass is 10.1. The number of piperazine rings is 1. The summed E-state index contributed by atoms with van der Waals surface area (Å²) in [6.07, 6.45) is 2.09. The van der Waals surface area contributed by atoms with E-state index in [1.165, 1.54) is 16.2 Å². The summed E-state index contributed by atoms with van der Waals surface area (Å²) in [4.78, 5) is 16.7. The number of nitrogens with zero attached hydrogens (tertiary/aromatic N) is 1. The lowest BCUT2D eigenvalue weighted by Crippen LogP contribution is -2.49. The Morgan fingerprint density at radius 3 is 2.90 bits per heavy atom. The average molecular weight is 310 g/mol. The average Bonchev–Trinajstić information content (AvgIpc) is 2.86. The first kappa shape index (κ1) is 16.3. The van der Waals surface area contributed by atoms with Crippen LogP contribution in [0.5, 0.6) is 0 Å². The Bertz CT molecular complexity index is 479. The van der Waals surface area contributed by atoms with Gasteiger partial charge in [0.05, 0.1) is 6.04 Å². The third-order valence-electron chi connectivity index (χ3n) is 3.35. The first-order valence-electron chi connectivity index (χ1n) is 7.69. The molecule has 1 aromatic rings. The fourth-order valence-corrected chi connectivity index (χ4v) is 3.58. The Hall–Kier alpha value is -1.07. The molecule has 5 heteroatoms. The number of rotatable bonds is 3. The maximum Gasteiger partial charge on any atom is 0.410 e. The molecule has 2 rings (SSSR count). The van der Waals surface area contributed by atoms with Crippen molar-refractivity contribution in [1.29, 1.82) is 0 Å². The summed E-state index contributed by atoms with van der Waals surface area (Å²) in [5.41, 5.74) is -0.436. The van der Waals surface area contributed by atoms with Crippen molar-refractivity contribution in [3.8, 4) is 0 Å². The lowest BCUT2D eigenvalue weighted by Gasteiger charge is -2.34. The zero-order chi connectivity index (χ0) is 15.5. The molecule has 118 valence electrons. The smallest absolute Gasteiger partial charge is 0.410 e. The van der Waals surface area contributed by atoms with Crippen molar-refractivity contribution >= 4 is 17.4 Å². The Kier molecular flexibility index (Phi) is 5.27. The Labute approximate surface area is 131 Å². The predicted octanol–water partition coefficient (Wildman–Crippen LogP) is 3.58. The topological polar surface area (TPSA) is 41.6 Å². The van der Waals surface area contributed by atoms with Gasteiger partial charge in [-0.2, -0.15) is 0 Å². The van der Waals surface area contributed by atoms with Crippen molar-refractivity contribution in [3.05, 3.63) is 21.9 Å². The number of carbonyl (C=O) groups is 1. The van der Waals surface area contributed by atoms with Crippen molar-refractivity contribution in [2.24, 2.45) is 0 Å². The van der Waals surface area contributed by atoms with E-state index in [9.17, 15) is 4.79 Å². The molecule has 21 heavy (non-hydrogen) atoms. The molecule has 0 bridgehead atoms. The summed E-state index contributed by atoms with van der Waals surface area (Å²) in [6.45, 7) is 10.1. The van der Waals surface area contributed by atoms with Crippen LogP contribution in [-0.2, 0) is 11.2 Å². The van der Waals surface area contributed by atoms with Gasteiger partial charge in [0.2, 0.25) is 0 Å². The first-order valence-corrected chi connectivity index (χ1v) is 8.50. The molecule has 0 saturated carbocycles. The maximum absolute atomic E-state index is 12.2. The number of carbonyl (C=O) groups excluding carboxylic acids is 1. The van der Waals surface area contributed by atoms with Crippen molar-refractivity contribution < 1.29 is 9.53 Å². The largest absolute Gasteiger partial charge is 0.444 e. The highest BCUT2D eigenvalue weighted by Crippen LogP contribution is 2.27. The van der Waals surface area contributed by atoms with E-state index in [4.69, 9.17) is 4.74 Å². The molecular weight excluding hydrogens is 284 g/mol. The Morgan fingerprint density at radius 1 is 1.48 bits per heavy atom. The van der Waals surface area contributed by atoms with Gasteiger partial charge in [0.15, 0.2) is 0 Å². The highest BCUT2D eigenvalue weighted by molar-refractivity contribution is 7.12. The second-order valence-electron chi connectivity index (χ2n) is 6.49. The highest BCUT2D eigenvalue weighted by atomic mass is 32.1. The van der Waals surface area contributed by atoms with Gasteiger partial charge in [-0.25, -0.2) is 4.79 Å². The van der Waals surface area contributed by atoms with Gasteiger partial charge >= 0.3 is 6.09 Å². The van der Waals surface area contributed by atoms with Crippen molar-refractivity contribution in [2.75, 3.05) is 19.6 Å². The molecule has 1 amide bonds. The van der Waals surface area contributed by atoms with Crippen LogP contribution in [-0.4, -0.2) is 36.2 Å². The molecule has 1 atom stereocenters. The van der Waals surface area contributed by atoms with E-state index < -0.39 is 5.60 Å². The lowest BCUT2D eigenvalue weighted by molar-refractivity contribution is 0.0196. The normalized spacial score (nSPS) is 19.6. The molecule has 1 aromatic heterocycles. The van der Waals surface area contributed by atoms with Crippen LogP contribution in [0.25, 0.3) is 0 Å². The fourth-order valence-electron chi connectivity index (χ4n) is 2.40. The first-order chi connectivity index (χ1) is 9.89. The van der Waals surface area contributed by atoms with Crippen LogP contribution in [0.3, 0.4) is 0 Å². The van der Waals surface area contributed by atoms with E-state index in [-0.39, 0.29) is 12.1 Å². The third-order valence-corrected chi connectivity index (χ3v) is 4.61. The molecule has 1 unspecified atom stereocenters. The number of aryl methyl sites for hydroxylation is 1. The summed E-state index contributed by atoms with van der Waals surface area (Å²) in [7, 11) is 0. The standard InChI is InChI=1S/C16H26N2O2S/c1-5-6-12-7-8-14(21-12)13-11-18(10-9-17-13)15(19)20-16(2,3)4/h7-8,13,17H,5-6,9-11H2,1-4H3. The van der Waals surface area contributed by atoms with Gasteiger partial charge in [0.1, 0.15) is 5.60 Å². The summed E-state index contributed by atoms with van der Waals surface area (Å²) < 4.78 is 5.47. The molecule has 2 heterocycles. The van der Waals surface area contributed by atoms with E-state index in [0.29, 0.717) is 13.1 Å². The molecule has 1 aliphatic heterocycles. The van der Waals surface area contributed by atoms with E-state index in [1.807, 2.05) is 37.0 Å². The second-order valence-corrected chi connectivity index (χ2v) is 7.69. The minimum atomic E-state index is -0.436. The minimum Gasteiger partial charge on any atom is -0.444 e. The molecule has 4 nitrogen and oxygen atoms in total.